The Morgan fingerprint density at radius 1 is 1.33 bits per heavy atom. The zero-order valence-corrected chi connectivity index (χ0v) is 13.0. The van der Waals surface area contributed by atoms with Crippen LogP contribution in [-0.4, -0.2) is 46.0 Å². The van der Waals surface area contributed by atoms with Crippen molar-refractivity contribution in [3.05, 3.63) is 17.5 Å². The largest absolute Gasteiger partial charge is 0.360 e. The Balaban J connectivity index is 1.69. The maximum Gasteiger partial charge on any atom is 0.222 e. The summed E-state index contributed by atoms with van der Waals surface area (Å²) in [5.74, 6) is 1.24. The molecular weight excluding hydrogens is 266 g/mol. The third-order valence-corrected chi connectivity index (χ3v) is 4.82. The number of hydrogen-bond donors (Lipinski definition) is 0. The first-order valence-electron chi connectivity index (χ1n) is 8.14. The zero-order valence-electron chi connectivity index (χ0n) is 13.0. The van der Waals surface area contributed by atoms with E-state index in [1.807, 2.05) is 19.9 Å². The summed E-state index contributed by atoms with van der Waals surface area (Å²) >= 11 is 0. The second-order valence-corrected chi connectivity index (χ2v) is 6.26. The van der Waals surface area contributed by atoms with Gasteiger partial charge in [-0.05, 0) is 39.2 Å². The van der Waals surface area contributed by atoms with Crippen LogP contribution >= 0.6 is 0 Å². The van der Waals surface area contributed by atoms with Crippen molar-refractivity contribution < 1.29 is 9.32 Å². The van der Waals surface area contributed by atoms with Crippen LogP contribution in [0, 0.1) is 6.92 Å². The Hall–Kier alpha value is -1.36. The van der Waals surface area contributed by atoms with Crippen molar-refractivity contribution in [2.24, 2.45) is 0 Å². The summed E-state index contributed by atoms with van der Waals surface area (Å²) in [7, 11) is 0. The van der Waals surface area contributed by atoms with E-state index in [1.54, 1.807) is 0 Å². The highest BCUT2D eigenvalue weighted by atomic mass is 16.5. The van der Waals surface area contributed by atoms with Gasteiger partial charge in [-0.15, -0.1) is 0 Å². The number of nitrogens with zero attached hydrogens (tertiary/aromatic N) is 3. The smallest absolute Gasteiger partial charge is 0.222 e. The Labute approximate surface area is 126 Å². The van der Waals surface area contributed by atoms with Crippen LogP contribution in [0.15, 0.2) is 10.6 Å². The highest BCUT2D eigenvalue weighted by Gasteiger charge is 2.39. The molecule has 1 amide bonds. The van der Waals surface area contributed by atoms with E-state index in [0.29, 0.717) is 24.4 Å². The second kappa shape index (κ2) is 6.18. The molecule has 2 aliphatic heterocycles. The van der Waals surface area contributed by atoms with E-state index in [-0.39, 0.29) is 0 Å². The molecule has 0 N–H and O–H groups in total. The van der Waals surface area contributed by atoms with E-state index in [4.69, 9.17) is 4.52 Å². The van der Waals surface area contributed by atoms with E-state index in [0.717, 1.165) is 43.9 Å². The van der Waals surface area contributed by atoms with E-state index in [2.05, 4.69) is 15.0 Å². The lowest BCUT2D eigenvalue weighted by Crippen LogP contribution is -2.47. The fourth-order valence-corrected chi connectivity index (χ4v) is 3.88. The first-order valence-corrected chi connectivity index (χ1v) is 8.14. The van der Waals surface area contributed by atoms with Crippen molar-refractivity contribution in [3.8, 4) is 0 Å². The van der Waals surface area contributed by atoms with E-state index >= 15 is 0 Å². The minimum absolute atomic E-state index is 0.305. The topological polar surface area (TPSA) is 49.6 Å². The molecular formula is C16H25N3O2. The van der Waals surface area contributed by atoms with Gasteiger partial charge < -0.3 is 9.42 Å². The van der Waals surface area contributed by atoms with Gasteiger partial charge >= 0.3 is 0 Å². The molecule has 0 radical (unpaired) electrons. The van der Waals surface area contributed by atoms with Crippen molar-refractivity contribution in [2.45, 2.75) is 64.6 Å². The molecule has 0 unspecified atom stereocenters. The first-order chi connectivity index (χ1) is 10.2. The molecule has 3 rings (SSSR count). The lowest BCUT2D eigenvalue weighted by Gasteiger charge is -2.34. The predicted molar refractivity (Wildman–Crippen MR) is 79.7 cm³/mol. The molecule has 5 heteroatoms. The number of carbonyl (C=O) groups excluding carboxylic acids is 1. The third kappa shape index (κ3) is 2.98. The number of rotatable bonds is 4. The Morgan fingerprint density at radius 2 is 2.10 bits per heavy atom. The van der Waals surface area contributed by atoms with Crippen LogP contribution in [0.4, 0.5) is 0 Å². The number of aromatic nitrogens is 1. The molecule has 1 aromatic rings. The molecule has 1 aromatic heterocycles. The monoisotopic (exact) mass is 291 g/mol. The minimum Gasteiger partial charge on any atom is -0.360 e. The van der Waals surface area contributed by atoms with Gasteiger partial charge in [0.1, 0.15) is 0 Å². The van der Waals surface area contributed by atoms with E-state index in [1.165, 1.54) is 12.8 Å². The molecule has 2 saturated heterocycles. The predicted octanol–water partition coefficient (Wildman–Crippen LogP) is 2.35. The van der Waals surface area contributed by atoms with Crippen LogP contribution in [-0.2, 0) is 11.3 Å². The van der Waals surface area contributed by atoms with Gasteiger partial charge in [-0.2, -0.15) is 0 Å². The van der Waals surface area contributed by atoms with Gasteiger partial charge in [0.25, 0.3) is 0 Å². The lowest BCUT2D eigenvalue weighted by atomic mass is 10.0. The average molecular weight is 291 g/mol. The van der Waals surface area contributed by atoms with Gasteiger partial charge in [0.15, 0.2) is 5.76 Å². The second-order valence-electron chi connectivity index (χ2n) is 6.26. The molecule has 5 nitrogen and oxygen atoms in total. The molecule has 2 atom stereocenters. The van der Waals surface area contributed by atoms with Crippen molar-refractivity contribution >= 4 is 5.91 Å². The van der Waals surface area contributed by atoms with Crippen LogP contribution < -0.4 is 0 Å². The van der Waals surface area contributed by atoms with Gasteiger partial charge in [-0.3, -0.25) is 9.69 Å². The summed E-state index contributed by atoms with van der Waals surface area (Å²) < 4.78 is 5.36. The first kappa shape index (κ1) is 14.6. The van der Waals surface area contributed by atoms with Crippen molar-refractivity contribution in [1.82, 2.24) is 15.0 Å². The third-order valence-electron chi connectivity index (χ3n) is 4.82. The molecule has 116 valence electrons. The average Bonchev–Trinajstić information content (AvgIpc) is 3.18. The molecule has 21 heavy (non-hydrogen) atoms. The number of aryl methyl sites for hydroxylation is 1. The SMILES string of the molecule is CCC(=O)N1CCC[C@@H]1[C@@H]1CCCN1Cc1cc(C)no1. The molecule has 0 aromatic carbocycles. The number of hydrogen-bond acceptors (Lipinski definition) is 4. The summed E-state index contributed by atoms with van der Waals surface area (Å²) in [6.07, 6.45) is 5.29. The quantitative estimate of drug-likeness (QED) is 0.854. The van der Waals surface area contributed by atoms with Crippen molar-refractivity contribution in [1.29, 1.82) is 0 Å². The normalized spacial score (nSPS) is 26.7. The zero-order chi connectivity index (χ0) is 14.8. The maximum absolute atomic E-state index is 12.1. The summed E-state index contributed by atoms with van der Waals surface area (Å²) in [6, 6.07) is 2.89. The fourth-order valence-electron chi connectivity index (χ4n) is 3.88. The van der Waals surface area contributed by atoms with Crippen LogP contribution in [0.1, 0.15) is 50.5 Å². The Bertz CT molecular complexity index is 499. The molecule has 2 aliphatic rings. The van der Waals surface area contributed by atoms with Gasteiger partial charge in [0.2, 0.25) is 5.91 Å². The summed E-state index contributed by atoms with van der Waals surface area (Å²) in [4.78, 5) is 16.7. The lowest BCUT2D eigenvalue weighted by molar-refractivity contribution is -0.132. The standard InChI is InChI=1S/C16H25N3O2/c1-3-16(20)19-9-5-7-15(19)14-6-4-8-18(14)11-13-10-12(2)17-21-13/h10,14-15H,3-9,11H2,1-2H3/t14-,15+/m0/s1. The fraction of sp³-hybridized carbons (Fsp3) is 0.750. The molecule has 3 heterocycles. The highest BCUT2D eigenvalue weighted by molar-refractivity contribution is 5.76. The van der Waals surface area contributed by atoms with Gasteiger partial charge in [0.05, 0.1) is 12.2 Å². The van der Waals surface area contributed by atoms with E-state index < -0.39 is 0 Å². The van der Waals surface area contributed by atoms with Crippen LogP contribution in [0.5, 0.6) is 0 Å². The van der Waals surface area contributed by atoms with Crippen LogP contribution in [0.25, 0.3) is 0 Å². The molecule has 0 spiro atoms. The summed E-state index contributed by atoms with van der Waals surface area (Å²) in [5, 5.41) is 3.97. The van der Waals surface area contributed by atoms with Gasteiger partial charge in [-0.1, -0.05) is 12.1 Å². The Kier molecular flexibility index (Phi) is 4.29. The summed E-state index contributed by atoms with van der Waals surface area (Å²) in [5.41, 5.74) is 0.935. The van der Waals surface area contributed by atoms with E-state index in [9.17, 15) is 4.79 Å². The summed E-state index contributed by atoms with van der Waals surface area (Å²) in [6.45, 7) is 6.75. The molecule has 0 aliphatic carbocycles. The van der Waals surface area contributed by atoms with Crippen molar-refractivity contribution in [2.75, 3.05) is 13.1 Å². The Morgan fingerprint density at radius 3 is 2.81 bits per heavy atom. The molecule has 0 saturated carbocycles. The van der Waals surface area contributed by atoms with Crippen LogP contribution in [0.2, 0.25) is 0 Å². The maximum atomic E-state index is 12.1. The van der Waals surface area contributed by atoms with Crippen LogP contribution in [0.3, 0.4) is 0 Å². The number of carbonyl (C=O) groups is 1. The van der Waals surface area contributed by atoms with Gasteiger partial charge in [-0.25, -0.2) is 0 Å². The highest BCUT2D eigenvalue weighted by Crippen LogP contribution is 2.31. The van der Waals surface area contributed by atoms with Crippen molar-refractivity contribution in [3.63, 3.8) is 0 Å². The molecule has 0 bridgehead atoms. The van der Waals surface area contributed by atoms with Gasteiger partial charge in [0, 0.05) is 31.1 Å². The number of likely N-dealkylation sites (tertiary alicyclic amines) is 2. The minimum atomic E-state index is 0.305. The molecule has 2 fully saturated rings. The number of amides is 1.